The molecule has 1 heterocycles. The second-order valence-corrected chi connectivity index (χ2v) is 5.85. The van der Waals surface area contributed by atoms with Gasteiger partial charge >= 0.3 is 0 Å². The molecular weight excluding hydrogens is 234 g/mol. The van der Waals surface area contributed by atoms with Crippen molar-refractivity contribution in [3.63, 3.8) is 0 Å². The third-order valence-corrected chi connectivity index (χ3v) is 4.38. The topological polar surface area (TPSA) is 42.9 Å². The fraction of sp³-hybridized carbons (Fsp3) is 0.538. The van der Waals surface area contributed by atoms with Crippen LogP contribution in [0.2, 0.25) is 0 Å². The molecule has 1 aromatic carbocycles. The molecule has 2 N–H and O–H groups in total. The maximum absolute atomic E-state index is 11.8. The number of ether oxygens (including phenoxy) is 1. The van der Waals surface area contributed by atoms with Crippen LogP contribution in [0.5, 0.6) is 5.75 Å². The standard InChI is InChI=1S/C13H19NO2S/c1-16-11-3-4-12(13(9-11)17(2)15)10-5-7-14-8-6-10/h3-4,9-10,14H,5-8H2,1-2H3/p+1/t17-/m0/s1. The summed E-state index contributed by atoms with van der Waals surface area (Å²) in [5.74, 6) is 1.35. The third-order valence-electron chi connectivity index (χ3n) is 3.41. The highest BCUT2D eigenvalue weighted by molar-refractivity contribution is 7.84. The number of benzene rings is 1. The van der Waals surface area contributed by atoms with E-state index in [4.69, 9.17) is 4.74 Å². The number of piperidine rings is 1. The van der Waals surface area contributed by atoms with Crippen molar-refractivity contribution < 1.29 is 14.3 Å². The Kier molecular flexibility index (Phi) is 4.18. The largest absolute Gasteiger partial charge is 0.497 e. The molecule has 0 aromatic heterocycles. The number of hydrogen-bond donors (Lipinski definition) is 1. The van der Waals surface area contributed by atoms with Gasteiger partial charge in [0.05, 0.1) is 31.0 Å². The predicted molar refractivity (Wildman–Crippen MR) is 69.0 cm³/mol. The van der Waals surface area contributed by atoms with E-state index in [0.717, 1.165) is 10.6 Å². The fourth-order valence-electron chi connectivity index (χ4n) is 2.47. The Hall–Kier alpha value is -0.870. The van der Waals surface area contributed by atoms with E-state index in [1.807, 2.05) is 12.1 Å². The highest BCUT2D eigenvalue weighted by atomic mass is 32.2. The Labute approximate surface area is 105 Å². The molecule has 17 heavy (non-hydrogen) atoms. The molecule has 4 heteroatoms. The van der Waals surface area contributed by atoms with Crippen molar-refractivity contribution in [3.8, 4) is 5.75 Å². The molecule has 0 aliphatic carbocycles. The smallest absolute Gasteiger partial charge is 0.120 e. The van der Waals surface area contributed by atoms with Crippen molar-refractivity contribution in [1.29, 1.82) is 0 Å². The van der Waals surface area contributed by atoms with Crippen molar-refractivity contribution in [2.45, 2.75) is 23.7 Å². The van der Waals surface area contributed by atoms with Gasteiger partial charge in [-0.05, 0) is 23.6 Å². The molecule has 1 aliphatic rings. The lowest BCUT2D eigenvalue weighted by Crippen LogP contribution is -2.86. The molecule has 0 radical (unpaired) electrons. The zero-order chi connectivity index (χ0) is 12.3. The van der Waals surface area contributed by atoms with Crippen LogP contribution in [0.4, 0.5) is 0 Å². The van der Waals surface area contributed by atoms with Crippen LogP contribution in [0.1, 0.15) is 24.3 Å². The zero-order valence-electron chi connectivity index (χ0n) is 10.4. The number of hydrogen-bond acceptors (Lipinski definition) is 2. The lowest BCUT2D eigenvalue weighted by atomic mass is 9.90. The third kappa shape index (κ3) is 2.87. The highest BCUT2D eigenvalue weighted by Gasteiger charge is 2.21. The first-order chi connectivity index (χ1) is 8.22. The lowest BCUT2D eigenvalue weighted by molar-refractivity contribution is -0.663. The average Bonchev–Trinajstić information content (AvgIpc) is 2.39. The average molecular weight is 254 g/mol. The molecule has 0 amide bonds. The van der Waals surface area contributed by atoms with Gasteiger partial charge in [0.1, 0.15) is 5.75 Å². The SMILES string of the molecule is COc1ccc(C2CC[NH2+]CC2)c([S@](C)=O)c1. The molecule has 1 atom stereocenters. The summed E-state index contributed by atoms with van der Waals surface area (Å²) in [7, 11) is 0.702. The quantitative estimate of drug-likeness (QED) is 0.870. The maximum Gasteiger partial charge on any atom is 0.120 e. The minimum atomic E-state index is -0.944. The van der Waals surface area contributed by atoms with Gasteiger partial charge in [-0.1, -0.05) is 6.07 Å². The van der Waals surface area contributed by atoms with Crippen molar-refractivity contribution in [2.24, 2.45) is 0 Å². The molecule has 1 saturated heterocycles. The van der Waals surface area contributed by atoms with Crippen LogP contribution in [0.3, 0.4) is 0 Å². The van der Waals surface area contributed by atoms with Gasteiger partial charge < -0.3 is 10.1 Å². The van der Waals surface area contributed by atoms with Gasteiger partial charge in [0.15, 0.2) is 0 Å². The first kappa shape index (κ1) is 12.6. The van der Waals surface area contributed by atoms with Crippen LogP contribution >= 0.6 is 0 Å². The predicted octanol–water partition coefficient (Wildman–Crippen LogP) is 0.873. The first-order valence-electron chi connectivity index (χ1n) is 6.05. The Morgan fingerprint density at radius 3 is 2.65 bits per heavy atom. The molecule has 2 rings (SSSR count). The molecule has 0 spiro atoms. The molecule has 0 bridgehead atoms. The summed E-state index contributed by atoms with van der Waals surface area (Å²) >= 11 is 0. The van der Waals surface area contributed by atoms with E-state index in [2.05, 4.69) is 11.4 Å². The normalized spacial score (nSPS) is 18.9. The van der Waals surface area contributed by atoms with Crippen LogP contribution in [0.15, 0.2) is 23.1 Å². The number of quaternary nitrogens is 1. The van der Waals surface area contributed by atoms with E-state index in [9.17, 15) is 4.21 Å². The van der Waals surface area contributed by atoms with Crippen molar-refractivity contribution in [3.05, 3.63) is 23.8 Å². The molecule has 3 nitrogen and oxygen atoms in total. The monoisotopic (exact) mass is 254 g/mol. The van der Waals surface area contributed by atoms with Crippen molar-refractivity contribution in [1.82, 2.24) is 0 Å². The molecule has 1 fully saturated rings. The second-order valence-electron chi connectivity index (χ2n) is 4.50. The molecule has 1 aliphatic heterocycles. The Balaban J connectivity index is 2.34. The van der Waals surface area contributed by atoms with E-state index in [0.29, 0.717) is 5.92 Å². The second kappa shape index (κ2) is 5.65. The molecule has 1 aromatic rings. The van der Waals surface area contributed by atoms with Gasteiger partial charge in [-0.3, -0.25) is 4.21 Å². The number of methoxy groups -OCH3 is 1. The van der Waals surface area contributed by atoms with Gasteiger partial charge in [-0.2, -0.15) is 0 Å². The fourth-order valence-corrected chi connectivity index (χ4v) is 3.31. The molecular formula is C13H20NO2S+. The van der Waals surface area contributed by atoms with Gasteiger partial charge in [-0.25, -0.2) is 0 Å². The Morgan fingerprint density at radius 1 is 1.35 bits per heavy atom. The van der Waals surface area contributed by atoms with E-state index in [1.54, 1.807) is 13.4 Å². The summed E-state index contributed by atoms with van der Waals surface area (Å²) in [4.78, 5) is 0.941. The van der Waals surface area contributed by atoms with Gasteiger partial charge in [0.2, 0.25) is 0 Å². The van der Waals surface area contributed by atoms with E-state index < -0.39 is 10.8 Å². The van der Waals surface area contributed by atoms with Gasteiger partial charge in [0, 0.05) is 24.0 Å². The summed E-state index contributed by atoms with van der Waals surface area (Å²) in [6.45, 7) is 2.35. The highest BCUT2D eigenvalue weighted by Crippen LogP contribution is 2.31. The molecule has 0 unspecified atom stereocenters. The van der Waals surface area contributed by atoms with Gasteiger partial charge in [-0.15, -0.1) is 0 Å². The van der Waals surface area contributed by atoms with E-state index in [-0.39, 0.29) is 0 Å². The van der Waals surface area contributed by atoms with Crippen LogP contribution in [-0.4, -0.2) is 30.7 Å². The number of nitrogens with two attached hydrogens (primary N) is 1. The summed E-state index contributed by atoms with van der Waals surface area (Å²) < 4.78 is 17.0. The Morgan fingerprint density at radius 2 is 2.06 bits per heavy atom. The number of rotatable bonds is 3. The summed E-state index contributed by atoms with van der Waals surface area (Å²) in [6.07, 6.45) is 4.10. The van der Waals surface area contributed by atoms with Crippen LogP contribution in [0.25, 0.3) is 0 Å². The lowest BCUT2D eigenvalue weighted by Gasteiger charge is -2.22. The van der Waals surface area contributed by atoms with E-state index in [1.165, 1.54) is 31.5 Å². The minimum absolute atomic E-state index is 0.560. The van der Waals surface area contributed by atoms with E-state index >= 15 is 0 Å². The maximum atomic E-state index is 11.8. The van der Waals surface area contributed by atoms with Crippen LogP contribution in [-0.2, 0) is 10.8 Å². The van der Waals surface area contributed by atoms with Crippen LogP contribution < -0.4 is 10.1 Å². The summed E-state index contributed by atoms with van der Waals surface area (Å²) in [5, 5.41) is 2.35. The molecule has 94 valence electrons. The van der Waals surface area contributed by atoms with Crippen molar-refractivity contribution >= 4 is 10.8 Å². The van der Waals surface area contributed by atoms with Crippen LogP contribution in [0, 0.1) is 0 Å². The minimum Gasteiger partial charge on any atom is -0.497 e. The Bertz CT molecular complexity index is 414. The summed E-state index contributed by atoms with van der Waals surface area (Å²) in [6, 6.07) is 5.99. The van der Waals surface area contributed by atoms with Crippen molar-refractivity contribution in [2.75, 3.05) is 26.5 Å². The first-order valence-corrected chi connectivity index (χ1v) is 7.61. The van der Waals surface area contributed by atoms with Gasteiger partial charge in [0.25, 0.3) is 0 Å². The summed E-state index contributed by atoms with van der Waals surface area (Å²) in [5.41, 5.74) is 1.25. The zero-order valence-corrected chi connectivity index (χ0v) is 11.3. The molecule has 0 saturated carbocycles.